The number of hydrogen-bond donors (Lipinski definition) is 2. The van der Waals surface area contributed by atoms with Crippen LogP contribution in [-0.2, 0) is 4.79 Å². The Morgan fingerprint density at radius 1 is 1.36 bits per heavy atom. The summed E-state index contributed by atoms with van der Waals surface area (Å²) in [5.41, 5.74) is 0. The minimum atomic E-state index is 0.0228. The Kier molecular flexibility index (Phi) is 5.04. The summed E-state index contributed by atoms with van der Waals surface area (Å²) in [5.74, 6) is 1.13. The van der Waals surface area contributed by atoms with Crippen molar-refractivity contribution in [2.75, 3.05) is 19.6 Å². The third kappa shape index (κ3) is 4.84. The first-order valence-electron chi connectivity index (χ1n) is 5.30. The van der Waals surface area contributed by atoms with E-state index in [1.807, 2.05) is 0 Å². The summed E-state index contributed by atoms with van der Waals surface area (Å²) in [6, 6.07) is 0. The van der Waals surface area contributed by atoms with Crippen LogP contribution in [0.25, 0.3) is 0 Å². The second kappa shape index (κ2) is 6.40. The molecule has 0 fully saturated rings. The maximum absolute atomic E-state index is 10.6. The summed E-state index contributed by atoms with van der Waals surface area (Å²) in [6.07, 6.45) is 4.77. The number of amides is 1. The molecule has 0 radical (unpaired) electrons. The van der Waals surface area contributed by atoms with E-state index in [0.29, 0.717) is 6.54 Å². The summed E-state index contributed by atoms with van der Waals surface area (Å²) in [6.45, 7) is 3.93. The van der Waals surface area contributed by atoms with Gasteiger partial charge in [0.25, 0.3) is 0 Å². The highest BCUT2D eigenvalue weighted by Crippen LogP contribution is 2.05. The van der Waals surface area contributed by atoms with Crippen LogP contribution in [0.3, 0.4) is 0 Å². The van der Waals surface area contributed by atoms with Crippen molar-refractivity contribution in [3.63, 3.8) is 0 Å². The van der Waals surface area contributed by atoms with Crippen molar-refractivity contribution < 1.29 is 4.79 Å². The molecule has 4 nitrogen and oxygen atoms in total. The van der Waals surface area contributed by atoms with Crippen LogP contribution in [0.2, 0.25) is 0 Å². The number of rotatable bonds is 3. The third-order valence-corrected chi connectivity index (χ3v) is 2.20. The normalized spacial score (nSPS) is 16.8. The molecule has 1 aliphatic rings. The summed E-state index contributed by atoms with van der Waals surface area (Å²) in [4.78, 5) is 15.0. The van der Waals surface area contributed by atoms with Crippen molar-refractivity contribution in [1.82, 2.24) is 10.6 Å². The molecule has 0 saturated carbocycles. The predicted molar refractivity (Wildman–Crippen MR) is 57.5 cm³/mol. The van der Waals surface area contributed by atoms with Gasteiger partial charge in [-0.2, -0.15) is 0 Å². The minimum absolute atomic E-state index is 0.0228. The molecule has 80 valence electrons. The second-order valence-corrected chi connectivity index (χ2v) is 3.55. The van der Waals surface area contributed by atoms with Crippen molar-refractivity contribution >= 4 is 11.7 Å². The van der Waals surface area contributed by atoms with E-state index in [9.17, 15) is 4.79 Å². The smallest absolute Gasteiger partial charge is 0.216 e. The van der Waals surface area contributed by atoms with E-state index in [1.54, 1.807) is 0 Å². The number of aliphatic imine (C=N–C) groups is 1. The highest BCUT2D eigenvalue weighted by Gasteiger charge is 2.02. The Balaban J connectivity index is 2.10. The van der Waals surface area contributed by atoms with Gasteiger partial charge in [-0.05, 0) is 12.8 Å². The van der Waals surface area contributed by atoms with Gasteiger partial charge in [0.05, 0.1) is 5.84 Å². The van der Waals surface area contributed by atoms with Gasteiger partial charge in [0.2, 0.25) is 5.91 Å². The van der Waals surface area contributed by atoms with E-state index in [-0.39, 0.29) is 5.91 Å². The molecular weight excluding hydrogens is 178 g/mol. The zero-order chi connectivity index (χ0) is 10.2. The maximum Gasteiger partial charge on any atom is 0.216 e. The molecule has 0 aromatic carbocycles. The zero-order valence-electron chi connectivity index (χ0n) is 8.81. The predicted octanol–water partition coefficient (Wildman–Crippen LogP) is 0.685. The number of hydrogen-bond acceptors (Lipinski definition) is 3. The van der Waals surface area contributed by atoms with Crippen LogP contribution in [0.1, 0.15) is 32.6 Å². The minimum Gasteiger partial charge on any atom is -0.372 e. The van der Waals surface area contributed by atoms with Crippen molar-refractivity contribution in [3.8, 4) is 0 Å². The molecule has 14 heavy (non-hydrogen) atoms. The molecule has 2 N–H and O–H groups in total. The molecule has 1 amide bonds. The van der Waals surface area contributed by atoms with Crippen LogP contribution in [0.15, 0.2) is 4.99 Å². The van der Waals surface area contributed by atoms with E-state index >= 15 is 0 Å². The fourth-order valence-electron chi connectivity index (χ4n) is 1.46. The van der Waals surface area contributed by atoms with Crippen LogP contribution < -0.4 is 10.6 Å². The topological polar surface area (TPSA) is 53.5 Å². The molecule has 0 aromatic rings. The Labute approximate surface area is 85.2 Å². The quantitative estimate of drug-likeness (QED) is 0.654. The lowest BCUT2D eigenvalue weighted by Gasteiger charge is -2.08. The van der Waals surface area contributed by atoms with Crippen LogP contribution in [0.5, 0.6) is 0 Å². The highest BCUT2D eigenvalue weighted by molar-refractivity contribution is 5.82. The molecule has 0 bridgehead atoms. The number of nitrogens with one attached hydrogen (secondary N) is 2. The van der Waals surface area contributed by atoms with Crippen LogP contribution in [0, 0.1) is 0 Å². The summed E-state index contributed by atoms with van der Waals surface area (Å²) < 4.78 is 0. The van der Waals surface area contributed by atoms with Crippen molar-refractivity contribution in [3.05, 3.63) is 0 Å². The Morgan fingerprint density at radius 2 is 2.21 bits per heavy atom. The Hall–Kier alpha value is -1.06. The fraction of sp³-hybridized carbons (Fsp3) is 0.800. The van der Waals surface area contributed by atoms with Crippen LogP contribution >= 0.6 is 0 Å². The van der Waals surface area contributed by atoms with E-state index in [2.05, 4.69) is 15.6 Å². The second-order valence-electron chi connectivity index (χ2n) is 3.55. The molecule has 1 heterocycles. The molecule has 4 heteroatoms. The van der Waals surface area contributed by atoms with Crippen molar-refractivity contribution in [2.45, 2.75) is 32.6 Å². The lowest BCUT2D eigenvalue weighted by Crippen LogP contribution is -2.33. The number of nitrogens with zero attached hydrogens (tertiary/aromatic N) is 1. The van der Waals surface area contributed by atoms with Gasteiger partial charge >= 0.3 is 0 Å². The highest BCUT2D eigenvalue weighted by atomic mass is 16.1. The average molecular weight is 197 g/mol. The first kappa shape index (κ1) is 11.0. The maximum atomic E-state index is 10.6. The van der Waals surface area contributed by atoms with Crippen molar-refractivity contribution in [1.29, 1.82) is 0 Å². The molecular formula is C10H19N3O. The first-order chi connectivity index (χ1) is 6.79. The monoisotopic (exact) mass is 197 g/mol. The Bertz CT molecular complexity index is 213. The molecule has 0 aromatic heterocycles. The van der Waals surface area contributed by atoms with Crippen molar-refractivity contribution in [2.24, 2.45) is 4.99 Å². The van der Waals surface area contributed by atoms with Gasteiger partial charge in [-0.15, -0.1) is 0 Å². The molecule has 0 saturated heterocycles. The number of amidine groups is 1. The fourth-order valence-corrected chi connectivity index (χ4v) is 1.46. The molecule has 0 unspecified atom stereocenters. The van der Waals surface area contributed by atoms with E-state index < -0.39 is 0 Å². The Morgan fingerprint density at radius 3 is 3.00 bits per heavy atom. The van der Waals surface area contributed by atoms with Crippen LogP contribution in [-0.4, -0.2) is 31.4 Å². The largest absolute Gasteiger partial charge is 0.372 e. The summed E-state index contributed by atoms with van der Waals surface area (Å²) in [5, 5.41) is 6.00. The van der Waals surface area contributed by atoms with E-state index in [0.717, 1.165) is 25.3 Å². The van der Waals surface area contributed by atoms with Gasteiger partial charge in [0.1, 0.15) is 0 Å². The summed E-state index contributed by atoms with van der Waals surface area (Å²) in [7, 11) is 0. The average Bonchev–Trinajstić information content (AvgIpc) is 2.40. The lowest BCUT2D eigenvalue weighted by atomic mass is 10.2. The summed E-state index contributed by atoms with van der Waals surface area (Å²) >= 11 is 0. The SMILES string of the molecule is CC(=O)NCCNC1=NCCCCC1. The van der Waals surface area contributed by atoms with Gasteiger partial charge in [-0.3, -0.25) is 9.79 Å². The molecule has 0 aliphatic carbocycles. The van der Waals surface area contributed by atoms with Gasteiger partial charge < -0.3 is 10.6 Å². The standard InChI is InChI=1S/C10H19N3O/c1-9(14)11-7-8-13-10-5-3-2-4-6-12-10/h2-8H2,1H3,(H,11,14)(H,12,13). The molecule has 1 aliphatic heterocycles. The van der Waals surface area contributed by atoms with E-state index in [4.69, 9.17) is 0 Å². The van der Waals surface area contributed by atoms with Gasteiger partial charge in [-0.1, -0.05) is 6.42 Å². The molecule has 0 spiro atoms. The zero-order valence-corrected chi connectivity index (χ0v) is 8.81. The molecule has 0 atom stereocenters. The van der Waals surface area contributed by atoms with E-state index in [1.165, 1.54) is 26.2 Å². The first-order valence-corrected chi connectivity index (χ1v) is 5.30. The van der Waals surface area contributed by atoms with Gasteiger partial charge in [0.15, 0.2) is 0 Å². The third-order valence-electron chi connectivity index (χ3n) is 2.20. The van der Waals surface area contributed by atoms with Gasteiger partial charge in [-0.25, -0.2) is 0 Å². The lowest BCUT2D eigenvalue weighted by molar-refractivity contribution is -0.118. The number of carbonyl (C=O) groups is 1. The molecule has 1 rings (SSSR count). The van der Waals surface area contributed by atoms with Gasteiger partial charge in [0, 0.05) is 33.0 Å². The van der Waals surface area contributed by atoms with Crippen LogP contribution in [0.4, 0.5) is 0 Å². The number of carbonyl (C=O) groups excluding carboxylic acids is 1.